The number of allylic oxidation sites excluding steroid dienone is 2. The third kappa shape index (κ3) is 3.91. The minimum atomic E-state index is -0.543. The van der Waals surface area contributed by atoms with Crippen molar-refractivity contribution in [2.75, 3.05) is 26.3 Å². The van der Waals surface area contributed by atoms with Gasteiger partial charge in [-0.25, -0.2) is 4.98 Å². The molecule has 2 aliphatic heterocycles. The first-order valence-corrected chi connectivity index (χ1v) is 8.01. The lowest BCUT2D eigenvalue weighted by molar-refractivity contribution is -0.184. The summed E-state index contributed by atoms with van der Waals surface area (Å²) in [6, 6.07) is 1.36. The van der Waals surface area contributed by atoms with Crippen LogP contribution in [0.15, 0.2) is 30.5 Å². The summed E-state index contributed by atoms with van der Waals surface area (Å²) in [5.74, 6) is -0.543. The molecule has 23 heavy (non-hydrogen) atoms. The minimum absolute atomic E-state index is 0.0425. The van der Waals surface area contributed by atoms with E-state index in [1.165, 1.54) is 12.3 Å². The van der Waals surface area contributed by atoms with E-state index in [9.17, 15) is 4.39 Å². The van der Waals surface area contributed by atoms with Gasteiger partial charge in [0.1, 0.15) is 0 Å². The Morgan fingerprint density at radius 3 is 3.09 bits per heavy atom. The summed E-state index contributed by atoms with van der Waals surface area (Å²) in [7, 11) is 0. The SMILES string of the molecule is CC1(C)COCC(CN2CC=CC=C2c2cc(F)ncc2Cl)O1. The smallest absolute Gasteiger partial charge is 0.213 e. The fourth-order valence-corrected chi connectivity index (χ4v) is 3.08. The van der Waals surface area contributed by atoms with Crippen molar-refractivity contribution in [2.24, 2.45) is 0 Å². The van der Waals surface area contributed by atoms with Gasteiger partial charge in [-0.05, 0) is 19.9 Å². The Morgan fingerprint density at radius 1 is 1.48 bits per heavy atom. The Hall–Kier alpha value is -1.43. The zero-order chi connectivity index (χ0) is 16.4. The van der Waals surface area contributed by atoms with E-state index in [0.29, 0.717) is 36.9 Å². The quantitative estimate of drug-likeness (QED) is 0.792. The molecule has 0 N–H and O–H groups in total. The fourth-order valence-electron chi connectivity index (χ4n) is 2.88. The molecule has 0 saturated carbocycles. The molecule has 3 heterocycles. The van der Waals surface area contributed by atoms with E-state index in [1.54, 1.807) is 0 Å². The van der Waals surface area contributed by atoms with Crippen LogP contribution >= 0.6 is 11.6 Å². The molecule has 0 bridgehead atoms. The maximum absolute atomic E-state index is 13.5. The zero-order valence-electron chi connectivity index (χ0n) is 13.3. The number of pyridine rings is 1. The normalized spacial score (nSPS) is 23.7. The van der Waals surface area contributed by atoms with Gasteiger partial charge in [0.2, 0.25) is 5.95 Å². The van der Waals surface area contributed by atoms with Crippen molar-refractivity contribution in [3.63, 3.8) is 0 Å². The summed E-state index contributed by atoms with van der Waals surface area (Å²) < 4.78 is 25.2. The third-order valence-electron chi connectivity index (χ3n) is 3.82. The van der Waals surface area contributed by atoms with Crippen LogP contribution in [0.2, 0.25) is 5.02 Å². The molecule has 0 radical (unpaired) electrons. The Kier molecular flexibility index (Phi) is 4.71. The average Bonchev–Trinajstić information content (AvgIpc) is 2.49. The Morgan fingerprint density at radius 2 is 2.30 bits per heavy atom. The van der Waals surface area contributed by atoms with Crippen molar-refractivity contribution < 1.29 is 13.9 Å². The van der Waals surface area contributed by atoms with Crippen LogP contribution in [-0.4, -0.2) is 47.9 Å². The van der Waals surface area contributed by atoms with Gasteiger partial charge in [-0.1, -0.05) is 23.8 Å². The van der Waals surface area contributed by atoms with Crippen molar-refractivity contribution in [1.29, 1.82) is 0 Å². The average molecular weight is 339 g/mol. The van der Waals surface area contributed by atoms with Gasteiger partial charge < -0.3 is 14.4 Å². The first kappa shape index (κ1) is 16.4. The predicted octanol–water partition coefficient (Wildman–Crippen LogP) is 3.28. The molecule has 1 fully saturated rings. The molecule has 6 heteroatoms. The van der Waals surface area contributed by atoms with Crippen LogP contribution in [-0.2, 0) is 9.47 Å². The Labute approximate surface area is 140 Å². The number of halogens is 2. The van der Waals surface area contributed by atoms with Crippen molar-refractivity contribution in [2.45, 2.75) is 25.6 Å². The number of hydrogen-bond donors (Lipinski definition) is 0. The van der Waals surface area contributed by atoms with Crippen LogP contribution in [0.3, 0.4) is 0 Å². The van der Waals surface area contributed by atoms with Crippen LogP contribution in [0.1, 0.15) is 19.4 Å². The first-order chi connectivity index (χ1) is 10.9. The van der Waals surface area contributed by atoms with Crippen LogP contribution in [0.25, 0.3) is 5.70 Å². The third-order valence-corrected chi connectivity index (χ3v) is 4.12. The predicted molar refractivity (Wildman–Crippen MR) is 87.7 cm³/mol. The van der Waals surface area contributed by atoms with Crippen molar-refractivity contribution >= 4 is 17.3 Å². The maximum atomic E-state index is 13.5. The van der Waals surface area contributed by atoms with Crippen LogP contribution in [0, 0.1) is 5.95 Å². The van der Waals surface area contributed by atoms with Gasteiger partial charge in [-0.2, -0.15) is 4.39 Å². The summed E-state index contributed by atoms with van der Waals surface area (Å²) in [4.78, 5) is 5.71. The number of nitrogens with zero attached hydrogens (tertiary/aromatic N) is 2. The molecule has 1 saturated heterocycles. The molecule has 0 spiro atoms. The molecule has 1 unspecified atom stereocenters. The molecule has 0 amide bonds. The second-order valence-corrected chi connectivity index (χ2v) is 6.79. The summed E-state index contributed by atoms with van der Waals surface area (Å²) >= 11 is 6.21. The second kappa shape index (κ2) is 6.59. The molecule has 3 rings (SSSR count). The molecular formula is C17H20ClFN2O2. The van der Waals surface area contributed by atoms with Crippen molar-refractivity contribution in [3.8, 4) is 0 Å². The van der Waals surface area contributed by atoms with Gasteiger partial charge in [0, 0.05) is 36.6 Å². The highest BCUT2D eigenvalue weighted by atomic mass is 35.5. The number of hydrogen-bond acceptors (Lipinski definition) is 4. The lowest BCUT2D eigenvalue weighted by Gasteiger charge is -2.39. The summed E-state index contributed by atoms with van der Waals surface area (Å²) in [5, 5.41) is 0.430. The van der Waals surface area contributed by atoms with Crippen molar-refractivity contribution in [1.82, 2.24) is 9.88 Å². The highest BCUT2D eigenvalue weighted by Gasteiger charge is 2.31. The van der Waals surface area contributed by atoms with Gasteiger partial charge in [-0.15, -0.1) is 0 Å². The van der Waals surface area contributed by atoms with Gasteiger partial charge in [0.05, 0.1) is 29.9 Å². The molecule has 1 atom stereocenters. The van der Waals surface area contributed by atoms with E-state index in [1.807, 2.05) is 32.1 Å². The largest absolute Gasteiger partial charge is 0.376 e. The topological polar surface area (TPSA) is 34.6 Å². The maximum Gasteiger partial charge on any atom is 0.213 e. The van der Waals surface area contributed by atoms with E-state index >= 15 is 0 Å². The van der Waals surface area contributed by atoms with Gasteiger partial charge in [-0.3, -0.25) is 0 Å². The Bertz CT molecular complexity index is 645. The summed E-state index contributed by atoms with van der Waals surface area (Å²) in [6.45, 7) is 6.54. The van der Waals surface area contributed by atoms with E-state index in [0.717, 1.165) is 5.70 Å². The molecule has 124 valence electrons. The zero-order valence-corrected chi connectivity index (χ0v) is 14.0. The van der Waals surface area contributed by atoms with Crippen LogP contribution < -0.4 is 0 Å². The van der Waals surface area contributed by atoms with E-state index in [2.05, 4.69) is 9.88 Å². The van der Waals surface area contributed by atoms with Crippen molar-refractivity contribution in [3.05, 3.63) is 47.0 Å². The van der Waals surface area contributed by atoms with E-state index in [-0.39, 0.29) is 11.7 Å². The molecule has 1 aromatic rings. The summed E-state index contributed by atoms with van der Waals surface area (Å²) in [5.41, 5.74) is 1.21. The molecule has 1 aromatic heterocycles. The number of aromatic nitrogens is 1. The molecule has 0 aromatic carbocycles. The molecule has 4 nitrogen and oxygen atoms in total. The second-order valence-electron chi connectivity index (χ2n) is 6.39. The molecule has 0 aliphatic carbocycles. The highest BCUT2D eigenvalue weighted by Crippen LogP contribution is 2.29. The Balaban J connectivity index is 1.80. The van der Waals surface area contributed by atoms with Gasteiger partial charge >= 0.3 is 0 Å². The monoisotopic (exact) mass is 338 g/mol. The standard InChI is InChI=1S/C17H20ClFN2O2/c1-17(2)11-22-10-12(23-17)9-21-6-4-3-5-15(21)13-7-16(19)20-8-14(13)18/h3-5,7-8,12H,6,9-11H2,1-2H3. The van der Waals surface area contributed by atoms with Gasteiger partial charge in [0.15, 0.2) is 0 Å². The fraction of sp³-hybridized carbons (Fsp3) is 0.471. The molecular weight excluding hydrogens is 319 g/mol. The summed E-state index contributed by atoms with van der Waals surface area (Å²) in [6.07, 6.45) is 7.22. The minimum Gasteiger partial charge on any atom is -0.376 e. The first-order valence-electron chi connectivity index (χ1n) is 7.63. The van der Waals surface area contributed by atoms with E-state index in [4.69, 9.17) is 21.1 Å². The lowest BCUT2D eigenvalue weighted by Crippen LogP contribution is -2.48. The number of rotatable bonds is 3. The van der Waals surface area contributed by atoms with E-state index < -0.39 is 5.95 Å². The van der Waals surface area contributed by atoms with Crippen LogP contribution in [0.4, 0.5) is 4.39 Å². The highest BCUT2D eigenvalue weighted by molar-refractivity contribution is 6.32. The molecule has 2 aliphatic rings. The van der Waals surface area contributed by atoms with Gasteiger partial charge in [0.25, 0.3) is 0 Å². The number of ether oxygens (including phenoxy) is 2. The van der Waals surface area contributed by atoms with Crippen LogP contribution in [0.5, 0.6) is 0 Å². The lowest BCUT2D eigenvalue weighted by atomic mass is 10.1.